The molecule has 0 radical (unpaired) electrons. The molecule has 3 amide bonds. The van der Waals surface area contributed by atoms with Gasteiger partial charge in [-0.2, -0.15) is 4.98 Å². The third kappa shape index (κ3) is 6.76. The molecule has 12 nitrogen and oxygen atoms in total. The van der Waals surface area contributed by atoms with E-state index in [1.165, 1.54) is 22.0 Å². The number of piperidine rings is 1. The molecule has 6 N–H and O–H groups in total. The minimum Gasteiger partial charge on any atom is -0.394 e. The number of urea groups is 1. The third-order valence-corrected chi connectivity index (χ3v) is 7.18. The van der Waals surface area contributed by atoms with Gasteiger partial charge in [-0.15, -0.1) is 0 Å². The fraction of sp³-hybridized carbons (Fsp3) is 0.538. The largest absolute Gasteiger partial charge is 0.394 e. The van der Waals surface area contributed by atoms with Crippen molar-refractivity contribution in [3.05, 3.63) is 52.6 Å². The van der Waals surface area contributed by atoms with Gasteiger partial charge in [-0.05, 0) is 56.5 Å². The fourth-order valence-corrected chi connectivity index (χ4v) is 4.80. The number of hydrogen-bond acceptors (Lipinski definition) is 8. The number of aliphatic hydroxyl groups is 1. The molecule has 2 fully saturated rings. The number of benzene rings is 1. The molecule has 206 valence electrons. The van der Waals surface area contributed by atoms with E-state index in [0.717, 1.165) is 38.9 Å². The minimum absolute atomic E-state index is 0.154. The number of hydrogen-bond donors (Lipinski definition) is 4. The Labute approximate surface area is 222 Å². The van der Waals surface area contributed by atoms with Crippen molar-refractivity contribution in [2.45, 2.75) is 37.8 Å². The van der Waals surface area contributed by atoms with Crippen LogP contribution in [0.2, 0.25) is 0 Å². The zero-order chi connectivity index (χ0) is 27.3. The molecule has 1 aromatic heterocycles. The monoisotopic (exact) mass is 526 g/mol. The zero-order valence-electron chi connectivity index (χ0n) is 21.9. The number of anilines is 1. The van der Waals surface area contributed by atoms with Crippen LogP contribution < -0.4 is 22.5 Å². The summed E-state index contributed by atoms with van der Waals surface area (Å²) in [5, 5.41) is 12.0. The number of rotatable bonds is 7. The maximum absolute atomic E-state index is 12.7. The predicted molar refractivity (Wildman–Crippen MR) is 144 cm³/mol. The van der Waals surface area contributed by atoms with Gasteiger partial charge in [0.2, 0.25) is 5.91 Å². The molecule has 38 heavy (non-hydrogen) atoms. The van der Waals surface area contributed by atoms with E-state index >= 15 is 0 Å². The van der Waals surface area contributed by atoms with Gasteiger partial charge in [-0.3, -0.25) is 14.7 Å². The Morgan fingerprint density at radius 1 is 1.11 bits per heavy atom. The minimum atomic E-state index is -1.35. The molecular weight excluding hydrogens is 488 g/mol. The van der Waals surface area contributed by atoms with Crippen LogP contribution >= 0.6 is 0 Å². The van der Waals surface area contributed by atoms with Crippen molar-refractivity contribution < 1.29 is 14.7 Å². The molecule has 0 aliphatic carbocycles. The lowest BCUT2D eigenvalue weighted by Crippen LogP contribution is -2.60. The zero-order valence-corrected chi connectivity index (χ0v) is 21.9. The van der Waals surface area contributed by atoms with E-state index in [4.69, 9.17) is 11.5 Å². The van der Waals surface area contributed by atoms with E-state index in [0.29, 0.717) is 31.9 Å². The van der Waals surface area contributed by atoms with Gasteiger partial charge in [0.15, 0.2) is 0 Å². The number of carbonyl (C=O) groups is 2. The van der Waals surface area contributed by atoms with Crippen molar-refractivity contribution in [3.63, 3.8) is 0 Å². The molecule has 2 aliphatic rings. The van der Waals surface area contributed by atoms with E-state index in [-0.39, 0.29) is 17.8 Å². The summed E-state index contributed by atoms with van der Waals surface area (Å²) in [5.74, 6) is -0.203. The Hall–Kier alpha value is -3.32. The summed E-state index contributed by atoms with van der Waals surface area (Å²) in [6.07, 6.45) is 4.74. The first-order chi connectivity index (χ1) is 18.2. The van der Waals surface area contributed by atoms with Crippen molar-refractivity contribution in [1.29, 1.82) is 0 Å². The number of nitrogens with one attached hydrogen (secondary N) is 1. The van der Waals surface area contributed by atoms with Crippen molar-refractivity contribution in [2.75, 3.05) is 57.7 Å². The highest BCUT2D eigenvalue weighted by molar-refractivity contribution is 5.89. The van der Waals surface area contributed by atoms with Crippen LogP contribution in [0.15, 0.2) is 41.3 Å². The maximum Gasteiger partial charge on any atom is 0.354 e. The van der Waals surface area contributed by atoms with Crippen molar-refractivity contribution >= 4 is 17.8 Å². The number of aromatic nitrogens is 2. The first-order valence-electron chi connectivity index (χ1n) is 13.1. The van der Waals surface area contributed by atoms with Gasteiger partial charge in [0.1, 0.15) is 11.4 Å². The maximum atomic E-state index is 12.7. The first-order valence-corrected chi connectivity index (χ1v) is 13.1. The highest BCUT2D eigenvalue weighted by Crippen LogP contribution is 2.14. The average Bonchev–Trinajstić information content (AvgIpc) is 2.92. The second-order valence-electron chi connectivity index (χ2n) is 10.4. The molecule has 12 heteroatoms. The Morgan fingerprint density at radius 3 is 2.42 bits per heavy atom. The lowest BCUT2D eigenvalue weighted by Gasteiger charge is -2.37. The number of amides is 3. The lowest BCUT2D eigenvalue weighted by molar-refractivity contribution is -0.139. The topological polar surface area (TPSA) is 163 Å². The molecule has 2 unspecified atom stereocenters. The van der Waals surface area contributed by atoms with Gasteiger partial charge in [-0.1, -0.05) is 12.1 Å². The van der Waals surface area contributed by atoms with Crippen molar-refractivity contribution in [2.24, 2.45) is 11.5 Å². The fourth-order valence-electron chi connectivity index (χ4n) is 4.80. The van der Waals surface area contributed by atoms with Crippen LogP contribution in [0.1, 0.15) is 25.3 Å². The predicted octanol–water partition coefficient (Wildman–Crippen LogP) is -0.416. The van der Waals surface area contributed by atoms with Crippen LogP contribution in [0.4, 0.5) is 10.6 Å². The molecule has 0 saturated carbocycles. The number of nitrogens with zero attached hydrogens (tertiary/aromatic N) is 5. The molecule has 1 aromatic carbocycles. The SMILES string of the molecule is CC(N)(CO)C(=O)N1CCN(C(=O)Nc2ccn(-c3ccc(CCN4CCCC(N)C4)cc3)c(=O)n2)CC1. The summed E-state index contributed by atoms with van der Waals surface area (Å²) >= 11 is 0. The molecule has 3 heterocycles. The van der Waals surface area contributed by atoms with Gasteiger partial charge in [0, 0.05) is 51.5 Å². The second kappa shape index (κ2) is 12.0. The Balaban J connectivity index is 1.30. The number of nitrogens with two attached hydrogens (primary N) is 2. The van der Waals surface area contributed by atoms with Gasteiger partial charge < -0.3 is 31.3 Å². The average molecular weight is 527 g/mol. The van der Waals surface area contributed by atoms with Crippen LogP contribution in [0, 0.1) is 0 Å². The summed E-state index contributed by atoms with van der Waals surface area (Å²) in [4.78, 5) is 47.3. The normalized spacial score (nSPS) is 20.2. The number of aliphatic hydroxyl groups excluding tert-OH is 1. The summed E-state index contributed by atoms with van der Waals surface area (Å²) in [6, 6.07) is 9.25. The van der Waals surface area contributed by atoms with Crippen LogP contribution in [0.5, 0.6) is 0 Å². The van der Waals surface area contributed by atoms with E-state index in [1.807, 2.05) is 24.3 Å². The Kier molecular flexibility index (Phi) is 8.77. The molecule has 0 bridgehead atoms. The van der Waals surface area contributed by atoms with Crippen molar-refractivity contribution in [3.8, 4) is 5.69 Å². The molecule has 0 spiro atoms. The van der Waals surface area contributed by atoms with Crippen LogP contribution in [0.25, 0.3) is 5.69 Å². The van der Waals surface area contributed by atoms with E-state index in [1.54, 1.807) is 17.2 Å². The first kappa shape index (κ1) is 27.7. The third-order valence-electron chi connectivity index (χ3n) is 7.18. The summed E-state index contributed by atoms with van der Waals surface area (Å²) in [5.41, 5.74) is 11.9. The molecule has 2 aliphatic heterocycles. The van der Waals surface area contributed by atoms with Gasteiger partial charge in [0.25, 0.3) is 0 Å². The van der Waals surface area contributed by atoms with Gasteiger partial charge in [0.05, 0.1) is 12.3 Å². The number of likely N-dealkylation sites (tertiary alicyclic amines) is 1. The second-order valence-corrected chi connectivity index (χ2v) is 10.4. The van der Waals surface area contributed by atoms with E-state index in [9.17, 15) is 19.5 Å². The Morgan fingerprint density at radius 2 is 1.79 bits per heavy atom. The molecule has 2 atom stereocenters. The van der Waals surface area contributed by atoms with Crippen molar-refractivity contribution in [1.82, 2.24) is 24.3 Å². The standard InChI is InChI=1S/C26H38N8O4/c1-26(28,18-35)23(36)32-13-15-33(16-14-32)24(37)29-22-9-12-34(25(38)30-22)21-6-4-19(5-7-21)8-11-31-10-2-3-20(27)17-31/h4-7,9,12,20,35H,2-3,8,10-11,13-18,27-28H2,1H3,(H,29,30,37,38). The quantitative estimate of drug-likeness (QED) is 0.378. The highest BCUT2D eigenvalue weighted by atomic mass is 16.3. The number of piperazine rings is 1. The van der Waals surface area contributed by atoms with Crippen LogP contribution in [0.3, 0.4) is 0 Å². The highest BCUT2D eigenvalue weighted by Gasteiger charge is 2.34. The lowest BCUT2D eigenvalue weighted by atomic mass is 10.0. The summed E-state index contributed by atoms with van der Waals surface area (Å²) in [6.45, 7) is 5.21. The van der Waals surface area contributed by atoms with Gasteiger partial charge in [-0.25, -0.2) is 9.59 Å². The molecular formula is C26H38N8O4. The number of carbonyl (C=O) groups excluding carboxylic acids is 2. The van der Waals surface area contributed by atoms with E-state index < -0.39 is 23.9 Å². The smallest absolute Gasteiger partial charge is 0.354 e. The van der Waals surface area contributed by atoms with Gasteiger partial charge >= 0.3 is 11.7 Å². The summed E-state index contributed by atoms with van der Waals surface area (Å²) in [7, 11) is 0. The molecule has 2 saturated heterocycles. The summed E-state index contributed by atoms with van der Waals surface area (Å²) < 4.78 is 1.43. The molecule has 2 aromatic rings. The van der Waals surface area contributed by atoms with Crippen LogP contribution in [-0.4, -0.2) is 105 Å². The van der Waals surface area contributed by atoms with E-state index in [2.05, 4.69) is 15.2 Å². The van der Waals surface area contributed by atoms with Crippen LogP contribution in [-0.2, 0) is 11.2 Å². The molecule has 4 rings (SSSR count). The Bertz CT molecular complexity index is 1170.